The number of imidazole rings is 1. The Labute approximate surface area is 339 Å². The van der Waals surface area contributed by atoms with Crippen molar-refractivity contribution in [3.05, 3.63) is 198 Å². The zero-order chi connectivity index (χ0) is 39.2. The van der Waals surface area contributed by atoms with E-state index in [4.69, 9.17) is 24.4 Å². The smallest absolute Gasteiger partial charge is 0.215 e. The van der Waals surface area contributed by atoms with E-state index in [-0.39, 0.29) is 5.76 Å². The molecule has 2 aliphatic rings. The molecule has 0 saturated heterocycles. The molecule has 0 bridgehead atoms. The Balaban J connectivity index is 1.15. The molecule has 1 spiro atoms. The van der Waals surface area contributed by atoms with Crippen LogP contribution >= 0.6 is 0 Å². The molecule has 0 aliphatic heterocycles. The molecule has 0 N–H and O–H groups in total. The minimum atomic E-state index is -0.639. The molecule has 1 unspecified atom stereocenters. The summed E-state index contributed by atoms with van der Waals surface area (Å²) < 4.78 is 8.77. The van der Waals surface area contributed by atoms with Crippen molar-refractivity contribution in [2.24, 2.45) is 0 Å². The first-order valence-electron chi connectivity index (χ1n) is 19.9. The van der Waals surface area contributed by atoms with E-state index in [2.05, 4.69) is 109 Å². The minimum Gasteiger partial charge on any atom is -0.445 e. The van der Waals surface area contributed by atoms with Gasteiger partial charge in [0.1, 0.15) is 17.5 Å². The van der Waals surface area contributed by atoms with Crippen LogP contribution in [0.2, 0.25) is 0 Å². The lowest BCUT2D eigenvalue weighted by atomic mass is 9.70. The van der Waals surface area contributed by atoms with Gasteiger partial charge in [0, 0.05) is 28.6 Å². The van der Waals surface area contributed by atoms with Crippen LogP contribution in [-0.2, 0) is 11.8 Å². The Bertz CT molecular complexity index is 3340. The number of rotatable bonds is 5. The Morgan fingerprint density at radius 2 is 1.15 bits per heavy atom. The highest BCUT2D eigenvalue weighted by molar-refractivity contribution is 6.11. The summed E-state index contributed by atoms with van der Waals surface area (Å²) in [5.74, 6) is 2.60. The second-order valence-electron chi connectivity index (χ2n) is 15.1. The molecule has 0 amide bonds. The van der Waals surface area contributed by atoms with Gasteiger partial charge in [-0.15, -0.1) is 0 Å². The van der Waals surface area contributed by atoms with Crippen LogP contribution in [0.1, 0.15) is 40.8 Å². The first kappa shape index (κ1) is 33.2. The van der Waals surface area contributed by atoms with Gasteiger partial charge in [-0.25, -0.2) is 19.9 Å². The van der Waals surface area contributed by atoms with Gasteiger partial charge in [0.05, 0.1) is 22.0 Å². The fourth-order valence-electron chi connectivity index (χ4n) is 9.76. The molecule has 1 atom stereocenters. The van der Waals surface area contributed by atoms with Crippen molar-refractivity contribution < 1.29 is 4.42 Å². The quantitative estimate of drug-likeness (QED) is 0.174. The molecule has 12 rings (SSSR count). The summed E-state index contributed by atoms with van der Waals surface area (Å²) in [6, 6.07) is 59.1. The van der Waals surface area contributed by atoms with Crippen molar-refractivity contribution in [1.82, 2.24) is 24.5 Å². The number of furan rings is 1. The highest BCUT2D eigenvalue weighted by Crippen LogP contribution is 2.64. The zero-order valence-corrected chi connectivity index (χ0v) is 31.9. The molecule has 7 nitrogen and oxygen atoms in total. The predicted octanol–water partition coefficient (Wildman–Crippen LogP) is 11.7. The van der Waals surface area contributed by atoms with E-state index in [1.165, 1.54) is 27.8 Å². The van der Waals surface area contributed by atoms with Gasteiger partial charge in [0.2, 0.25) is 5.76 Å². The van der Waals surface area contributed by atoms with Crippen LogP contribution in [0, 0.1) is 11.3 Å². The lowest BCUT2D eigenvalue weighted by Crippen LogP contribution is -2.25. The van der Waals surface area contributed by atoms with E-state index >= 15 is 0 Å². The molecule has 10 aromatic rings. The maximum Gasteiger partial charge on any atom is 0.215 e. The molecule has 276 valence electrons. The first-order valence-corrected chi connectivity index (χ1v) is 19.9. The summed E-state index contributed by atoms with van der Waals surface area (Å²) in [5, 5.41) is 11.6. The molecule has 3 aromatic heterocycles. The van der Waals surface area contributed by atoms with Gasteiger partial charge in [0.15, 0.2) is 17.5 Å². The monoisotopic (exact) mass is 756 g/mol. The average Bonchev–Trinajstić information content (AvgIpc) is 4.04. The summed E-state index contributed by atoms with van der Waals surface area (Å²) in [5.41, 5.74) is 14.6. The topological polar surface area (TPSA) is 93.4 Å². The van der Waals surface area contributed by atoms with Crippen molar-refractivity contribution in [2.75, 3.05) is 0 Å². The van der Waals surface area contributed by atoms with Crippen LogP contribution in [0.15, 0.2) is 168 Å². The van der Waals surface area contributed by atoms with E-state index in [0.29, 0.717) is 28.6 Å². The lowest BCUT2D eigenvalue weighted by molar-refractivity contribution is 0.600. The molecule has 0 fully saturated rings. The van der Waals surface area contributed by atoms with Gasteiger partial charge in [0.25, 0.3) is 0 Å². The van der Waals surface area contributed by atoms with Crippen molar-refractivity contribution in [2.45, 2.75) is 18.8 Å². The molecule has 59 heavy (non-hydrogen) atoms. The Morgan fingerprint density at radius 3 is 1.86 bits per heavy atom. The highest BCUT2D eigenvalue weighted by atomic mass is 16.3. The van der Waals surface area contributed by atoms with Crippen LogP contribution in [0.3, 0.4) is 0 Å². The number of hydrogen-bond acceptors (Lipinski definition) is 6. The fourth-order valence-corrected chi connectivity index (χ4v) is 9.76. The summed E-state index contributed by atoms with van der Waals surface area (Å²) in [4.78, 5) is 20.2. The minimum absolute atomic E-state index is 0.159. The normalized spacial score (nSPS) is 14.6. The number of fused-ring (bicyclic) bond motifs is 13. The summed E-state index contributed by atoms with van der Waals surface area (Å²) in [6.45, 7) is 2.16. The number of para-hydroxylation sites is 2. The van der Waals surface area contributed by atoms with E-state index in [9.17, 15) is 5.26 Å². The predicted molar refractivity (Wildman–Crippen MR) is 231 cm³/mol. The van der Waals surface area contributed by atoms with Crippen LogP contribution < -0.4 is 0 Å². The maximum atomic E-state index is 10.7. The molecular weight excluding hydrogens is 725 g/mol. The second kappa shape index (κ2) is 12.5. The number of nitriles is 1. The van der Waals surface area contributed by atoms with Crippen molar-refractivity contribution in [1.29, 1.82) is 5.26 Å². The summed E-state index contributed by atoms with van der Waals surface area (Å²) in [7, 11) is 0. The highest BCUT2D eigenvalue weighted by Gasteiger charge is 2.52. The second-order valence-corrected chi connectivity index (χ2v) is 15.1. The van der Waals surface area contributed by atoms with Crippen molar-refractivity contribution in [3.63, 3.8) is 0 Å². The molecule has 7 aromatic carbocycles. The third kappa shape index (κ3) is 4.57. The number of aromatic nitrogens is 5. The maximum absolute atomic E-state index is 10.7. The standard InChI is InChI=1S/C52H32N6O/c1-2-45-54-41-23-13-14-24-42(41)58(45)33-25-26-39-36(29-33)34-19-9-11-21-37(34)52(39)38-22-12-10-20-35(38)46-40(52)27-28-43-47(46)48(44(30-53)59-43)51-56-49(31-15-5-3-6-16-31)55-50(57-51)32-17-7-4-8-18-32/h3-29H,2H2,1H3. The van der Waals surface area contributed by atoms with Crippen molar-refractivity contribution >= 4 is 22.0 Å². The van der Waals surface area contributed by atoms with E-state index < -0.39 is 5.41 Å². The molecule has 2 aliphatic carbocycles. The van der Waals surface area contributed by atoms with E-state index in [1.54, 1.807) is 0 Å². The van der Waals surface area contributed by atoms with Crippen LogP contribution in [0.4, 0.5) is 0 Å². The van der Waals surface area contributed by atoms with Crippen LogP contribution in [-0.4, -0.2) is 24.5 Å². The lowest BCUT2D eigenvalue weighted by Gasteiger charge is -2.30. The largest absolute Gasteiger partial charge is 0.445 e. The van der Waals surface area contributed by atoms with Gasteiger partial charge in [-0.1, -0.05) is 140 Å². The molecule has 0 saturated carbocycles. The SMILES string of the molecule is CCc1nc2ccccc2n1-c1ccc2c(c1)-c1ccccc1C21c2ccccc2-c2c1ccc1oc(C#N)c(-c3nc(-c4ccccc4)nc(-c4ccccc4)n3)c21. The summed E-state index contributed by atoms with van der Waals surface area (Å²) >= 11 is 0. The Hall–Kier alpha value is -7.95. The number of aryl methyl sites for hydroxylation is 1. The van der Waals surface area contributed by atoms with Gasteiger partial charge < -0.3 is 4.42 Å². The van der Waals surface area contributed by atoms with Gasteiger partial charge >= 0.3 is 0 Å². The fraction of sp³-hybridized carbons (Fsp3) is 0.0577. The number of nitrogens with zero attached hydrogens (tertiary/aromatic N) is 6. The zero-order valence-electron chi connectivity index (χ0n) is 31.9. The van der Waals surface area contributed by atoms with E-state index in [1.807, 2.05) is 72.8 Å². The first-order chi connectivity index (χ1) is 29.2. The number of hydrogen-bond donors (Lipinski definition) is 0. The average molecular weight is 757 g/mol. The van der Waals surface area contributed by atoms with Crippen LogP contribution in [0.25, 0.3) is 84.1 Å². The summed E-state index contributed by atoms with van der Waals surface area (Å²) in [6.07, 6.45) is 0.807. The Kier molecular flexibility index (Phi) is 7.05. The molecular formula is C52H32N6O. The third-order valence-corrected chi connectivity index (χ3v) is 12.1. The van der Waals surface area contributed by atoms with Gasteiger partial charge in [-0.3, -0.25) is 4.57 Å². The molecule has 0 radical (unpaired) electrons. The molecule has 7 heteroatoms. The van der Waals surface area contributed by atoms with E-state index in [0.717, 1.165) is 62.2 Å². The van der Waals surface area contributed by atoms with Crippen LogP contribution in [0.5, 0.6) is 0 Å². The molecule has 3 heterocycles. The van der Waals surface area contributed by atoms with Crippen molar-refractivity contribution in [3.8, 4) is 68.2 Å². The van der Waals surface area contributed by atoms with Gasteiger partial charge in [-0.2, -0.15) is 5.26 Å². The van der Waals surface area contributed by atoms with Gasteiger partial charge in [-0.05, 0) is 74.8 Å². The number of benzene rings is 7. The third-order valence-electron chi connectivity index (χ3n) is 12.1. The Morgan fingerprint density at radius 1 is 0.559 bits per heavy atom.